The van der Waals surface area contributed by atoms with Gasteiger partial charge in [-0.2, -0.15) is 0 Å². The number of hydrogen-bond acceptors (Lipinski definition) is 5. The molecule has 1 saturated heterocycles. The number of fused-ring (bicyclic) bond motifs is 1. The molecular formula is C24H29N3O3. The molecular weight excluding hydrogens is 378 g/mol. The predicted molar refractivity (Wildman–Crippen MR) is 114 cm³/mol. The summed E-state index contributed by atoms with van der Waals surface area (Å²) in [6.07, 6.45) is 8.50. The van der Waals surface area contributed by atoms with Crippen LogP contribution in [0.3, 0.4) is 0 Å². The van der Waals surface area contributed by atoms with E-state index in [1.165, 1.54) is 37.9 Å². The number of pyridine rings is 1. The van der Waals surface area contributed by atoms with Crippen LogP contribution in [0.2, 0.25) is 0 Å². The average molecular weight is 408 g/mol. The molecule has 2 N–H and O–H groups in total. The standard InChI is InChI=1S/C24H29N3O3/c25-23(28)21-6-1-3-18(26-21)16-29-20-7-8-22-17(15-20)9-10-24(30-22)11-13-27(14-12-24)19-4-2-5-19/h1,3,6-8,15,19H,2,4-5,9-14,16H2,(H2,25,28). The molecule has 6 nitrogen and oxygen atoms in total. The second-order valence-corrected chi connectivity index (χ2v) is 8.84. The zero-order valence-electron chi connectivity index (χ0n) is 17.3. The number of ether oxygens (including phenoxy) is 2. The molecule has 3 aliphatic rings. The van der Waals surface area contributed by atoms with Gasteiger partial charge in [-0.1, -0.05) is 12.5 Å². The molecule has 0 atom stereocenters. The first-order valence-corrected chi connectivity index (χ1v) is 11.0. The van der Waals surface area contributed by atoms with Crippen molar-refractivity contribution in [1.82, 2.24) is 9.88 Å². The molecule has 2 aromatic rings. The van der Waals surface area contributed by atoms with Crippen LogP contribution < -0.4 is 15.2 Å². The normalized spacial score (nSPS) is 20.8. The topological polar surface area (TPSA) is 77.7 Å². The second kappa shape index (κ2) is 7.91. The summed E-state index contributed by atoms with van der Waals surface area (Å²) in [6, 6.07) is 12.1. The number of hydrogen-bond donors (Lipinski definition) is 1. The Morgan fingerprint density at radius 3 is 2.77 bits per heavy atom. The Balaban J connectivity index is 1.21. The number of carbonyl (C=O) groups is 1. The van der Waals surface area contributed by atoms with Gasteiger partial charge in [-0.3, -0.25) is 4.79 Å². The summed E-state index contributed by atoms with van der Waals surface area (Å²) in [6.45, 7) is 2.62. The summed E-state index contributed by atoms with van der Waals surface area (Å²) < 4.78 is 12.5. The minimum absolute atomic E-state index is 0.00867. The van der Waals surface area contributed by atoms with Crippen LogP contribution in [0.4, 0.5) is 0 Å². The zero-order valence-corrected chi connectivity index (χ0v) is 17.3. The summed E-state index contributed by atoms with van der Waals surface area (Å²) in [4.78, 5) is 18.2. The van der Waals surface area contributed by atoms with Gasteiger partial charge in [0.1, 0.15) is 29.4 Å². The van der Waals surface area contributed by atoms with Gasteiger partial charge < -0.3 is 20.1 Å². The Morgan fingerprint density at radius 2 is 2.03 bits per heavy atom. The summed E-state index contributed by atoms with van der Waals surface area (Å²) in [7, 11) is 0. The van der Waals surface area contributed by atoms with E-state index in [2.05, 4.69) is 16.0 Å². The first-order chi connectivity index (χ1) is 14.6. The summed E-state index contributed by atoms with van der Waals surface area (Å²) in [5.41, 5.74) is 7.45. The van der Waals surface area contributed by atoms with Crippen molar-refractivity contribution >= 4 is 5.91 Å². The number of primary amides is 1. The van der Waals surface area contributed by atoms with Gasteiger partial charge in [0.15, 0.2) is 0 Å². The Kier molecular flexibility index (Phi) is 5.11. The molecule has 2 aliphatic heterocycles. The number of nitrogens with zero attached hydrogens (tertiary/aromatic N) is 2. The summed E-state index contributed by atoms with van der Waals surface area (Å²) >= 11 is 0. The van der Waals surface area contributed by atoms with E-state index >= 15 is 0 Å². The van der Waals surface area contributed by atoms with Gasteiger partial charge in [-0.15, -0.1) is 0 Å². The lowest BCUT2D eigenvalue weighted by Gasteiger charge is -2.48. The van der Waals surface area contributed by atoms with Gasteiger partial charge in [0.25, 0.3) is 5.91 Å². The Bertz CT molecular complexity index is 933. The number of benzene rings is 1. The van der Waals surface area contributed by atoms with E-state index in [0.29, 0.717) is 12.3 Å². The minimum atomic E-state index is -0.532. The molecule has 1 aromatic heterocycles. The lowest BCUT2D eigenvalue weighted by atomic mass is 9.81. The van der Waals surface area contributed by atoms with Crippen molar-refractivity contribution in [2.45, 2.75) is 63.2 Å². The Labute approximate surface area is 177 Å². The van der Waals surface area contributed by atoms with E-state index in [1.54, 1.807) is 12.1 Å². The van der Waals surface area contributed by atoms with Crippen molar-refractivity contribution in [3.05, 3.63) is 53.3 Å². The SMILES string of the molecule is NC(=O)c1cccc(COc2ccc3c(c2)CCC2(CCN(C4CCC4)CC2)O3)n1. The monoisotopic (exact) mass is 407 g/mol. The largest absolute Gasteiger partial charge is 0.487 e. The second-order valence-electron chi connectivity index (χ2n) is 8.84. The number of piperidine rings is 1. The highest BCUT2D eigenvalue weighted by Crippen LogP contribution is 2.41. The average Bonchev–Trinajstić information content (AvgIpc) is 2.73. The number of likely N-dealkylation sites (tertiary alicyclic amines) is 1. The predicted octanol–water partition coefficient (Wildman–Crippen LogP) is 3.47. The van der Waals surface area contributed by atoms with Crippen LogP contribution in [0.1, 0.15) is 60.3 Å². The van der Waals surface area contributed by atoms with Crippen molar-refractivity contribution in [2.24, 2.45) is 5.73 Å². The van der Waals surface area contributed by atoms with Gasteiger partial charge in [0.05, 0.1) is 5.69 Å². The maximum atomic E-state index is 11.3. The van der Waals surface area contributed by atoms with Crippen LogP contribution in [0.15, 0.2) is 36.4 Å². The van der Waals surface area contributed by atoms with Crippen LogP contribution in [0.25, 0.3) is 0 Å². The third kappa shape index (κ3) is 3.88. The van der Waals surface area contributed by atoms with Crippen molar-refractivity contribution < 1.29 is 14.3 Å². The first-order valence-electron chi connectivity index (χ1n) is 11.0. The third-order valence-electron chi connectivity index (χ3n) is 6.95. The maximum absolute atomic E-state index is 11.3. The number of rotatable bonds is 5. The third-order valence-corrected chi connectivity index (χ3v) is 6.95. The van der Waals surface area contributed by atoms with E-state index in [4.69, 9.17) is 15.2 Å². The molecule has 0 bridgehead atoms. The quantitative estimate of drug-likeness (QED) is 0.821. The van der Waals surface area contributed by atoms with Crippen LogP contribution in [-0.2, 0) is 13.0 Å². The van der Waals surface area contributed by atoms with Crippen LogP contribution in [0.5, 0.6) is 11.5 Å². The molecule has 0 unspecified atom stereocenters. The first kappa shape index (κ1) is 19.4. The Hall–Kier alpha value is -2.60. The molecule has 1 saturated carbocycles. The van der Waals surface area contributed by atoms with E-state index < -0.39 is 5.91 Å². The van der Waals surface area contributed by atoms with Crippen molar-refractivity contribution in [1.29, 1.82) is 0 Å². The van der Waals surface area contributed by atoms with Gasteiger partial charge in [-0.25, -0.2) is 4.98 Å². The van der Waals surface area contributed by atoms with Crippen LogP contribution in [-0.4, -0.2) is 40.5 Å². The number of amides is 1. The molecule has 30 heavy (non-hydrogen) atoms. The zero-order chi connectivity index (χ0) is 20.6. The molecule has 1 spiro atoms. The lowest BCUT2D eigenvalue weighted by molar-refractivity contribution is -0.0337. The summed E-state index contributed by atoms with van der Waals surface area (Å²) in [5, 5.41) is 0. The van der Waals surface area contributed by atoms with E-state index in [0.717, 1.165) is 43.2 Å². The number of aromatic nitrogens is 1. The lowest BCUT2D eigenvalue weighted by Crippen LogP contribution is -2.53. The highest BCUT2D eigenvalue weighted by atomic mass is 16.5. The van der Waals surface area contributed by atoms with E-state index in [9.17, 15) is 4.79 Å². The van der Waals surface area contributed by atoms with Crippen LogP contribution in [0, 0.1) is 0 Å². The fourth-order valence-corrected chi connectivity index (χ4v) is 4.84. The van der Waals surface area contributed by atoms with E-state index in [-0.39, 0.29) is 11.3 Å². The summed E-state index contributed by atoms with van der Waals surface area (Å²) in [5.74, 6) is 1.26. The molecule has 5 rings (SSSR count). The highest BCUT2D eigenvalue weighted by molar-refractivity contribution is 5.90. The fraction of sp³-hybridized carbons (Fsp3) is 0.500. The van der Waals surface area contributed by atoms with Crippen molar-refractivity contribution in [3.63, 3.8) is 0 Å². The van der Waals surface area contributed by atoms with E-state index in [1.807, 2.05) is 18.2 Å². The molecule has 158 valence electrons. The molecule has 1 aromatic carbocycles. The maximum Gasteiger partial charge on any atom is 0.267 e. The Morgan fingerprint density at radius 1 is 1.20 bits per heavy atom. The van der Waals surface area contributed by atoms with Crippen molar-refractivity contribution in [2.75, 3.05) is 13.1 Å². The van der Waals surface area contributed by atoms with Crippen LogP contribution >= 0.6 is 0 Å². The smallest absolute Gasteiger partial charge is 0.267 e. The molecule has 1 aliphatic carbocycles. The molecule has 0 radical (unpaired) electrons. The number of nitrogens with two attached hydrogens (primary N) is 1. The molecule has 1 amide bonds. The van der Waals surface area contributed by atoms with Gasteiger partial charge in [0.2, 0.25) is 0 Å². The van der Waals surface area contributed by atoms with Gasteiger partial charge in [-0.05, 0) is 74.4 Å². The van der Waals surface area contributed by atoms with Crippen molar-refractivity contribution in [3.8, 4) is 11.5 Å². The van der Waals surface area contributed by atoms with Gasteiger partial charge >= 0.3 is 0 Å². The molecule has 2 fully saturated rings. The fourth-order valence-electron chi connectivity index (χ4n) is 4.84. The minimum Gasteiger partial charge on any atom is -0.487 e. The van der Waals surface area contributed by atoms with Gasteiger partial charge in [0, 0.05) is 19.1 Å². The number of aryl methyl sites for hydroxylation is 1. The number of carbonyl (C=O) groups excluding carboxylic acids is 1. The highest BCUT2D eigenvalue weighted by Gasteiger charge is 2.41. The molecule has 3 heterocycles. The molecule has 6 heteroatoms.